The van der Waals surface area contributed by atoms with E-state index in [4.69, 9.17) is 11.6 Å². The summed E-state index contributed by atoms with van der Waals surface area (Å²) in [4.78, 5) is 18.4. The summed E-state index contributed by atoms with van der Waals surface area (Å²) in [6.45, 7) is 8.52. The normalized spacial score (nSPS) is 16.0. The molecule has 0 spiro atoms. The Morgan fingerprint density at radius 3 is 2.36 bits per heavy atom. The van der Waals surface area contributed by atoms with Gasteiger partial charge in [0.05, 0.1) is 11.4 Å². The Bertz CT molecular complexity index is 995. The Kier molecular flexibility index (Phi) is 5.79. The van der Waals surface area contributed by atoms with Gasteiger partial charge in [0.15, 0.2) is 0 Å². The fourth-order valence-corrected chi connectivity index (χ4v) is 5.46. The van der Waals surface area contributed by atoms with Crippen LogP contribution in [0.25, 0.3) is 0 Å². The van der Waals surface area contributed by atoms with E-state index in [-0.39, 0.29) is 35.1 Å². The number of aromatic nitrogens is 3. The van der Waals surface area contributed by atoms with Crippen molar-refractivity contribution in [1.29, 1.82) is 0 Å². The lowest BCUT2D eigenvalue weighted by atomic mass is 10.2. The lowest BCUT2D eigenvalue weighted by Crippen LogP contribution is -2.50. The second kappa shape index (κ2) is 7.81. The minimum Gasteiger partial charge on any atom is -0.336 e. The maximum Gasteiger partial charge on any atom is 0.254 e. The highest BCUT2D eigenvalue weighted by Gasteiger charge is 2.34. The molecule has 1 aliphatic heterocycles. The number of carbonyl (C=O) groups excluding carboxylic acids is 1. The molecule has 0 unspecified atom stereocenters. The molecule has 10 heteroatoms. The van der Waals surface area contributed by atoms with Crippen LogP contribution in [0.3, 0.4) is 0 Å². The predicted octanol–water partition coefficient (Wildman–Crippen LogP) is 2.28. The molecule has 0 saturated carbocycles. The Labute approximate surface area is 170 Å². The molecule has 2 aromatic rings. The fourth-order valence-electron chi connectivity index (χ4n) is 3.50. The minimum atomic E-state index is -3.68. The second-order valence-corrected chi connectivity index (χ2v) is 9.36. The molecule has 3 rings (SSSR count). The van der Waals surface area contributed by atoms with Crippen LogP contribution in [0.2, 0.25) is 5.15 Å². The summed E-state index contributed by atoms with van der Waals surface area (Å²) in [6.07, 6.45) is 1.48. The average molecular weight is 426 g/mol. The lowest BCUT2D eigenvalue weighted by Gasteiger charge is -2.34. The molecule has 2 aromatic heterocycles. The summed E-state index contributed by atoms with van der Waals surface area (Å²) >= 11 is 5.86. The first-order valence-corrected chi connectivity index (χ1v) is 10.9. The Morgan fingerprint density at radius 2 is 1.82 bits per heavy atom. The molecular weight excluding hydrogens is 402 g/mol. The zero-order valence-electron chi connectivity index (χ0n) is 16.4. The summed E-state index contributed by atoms with van der Waals surface area (Å²) in [5.41, 5.74) is 1.58. The highest BCUT2D eigenvalue weighted by atomic mass is 35.5. The molecular formula is C18H24ClN5O3S. The van der Waals surface area contributed by atoms with Gasteiger partial charge in [-0.15, -0.1) is 0 Å². The molecule has 28 heavy (non-hydrogen) atoms. The van der Waals surface area contributed by atoms with Gasteiger partial charge in [0.25, 0.3) is 5.91 Å². The number of rotatable bonds is 4. The molecule has 0 bridgehead atoms. The third-order valence-corrected chi connectivity index (χ3v) is 7.20. The zero-order valence-corrected chi connectivity index (χ0v) is 18.0. The van der Waals surface area contributed by atoms with Crippen molar-refractivity contribution in [2.45, 2.75) is 38.6 Å². The number of piperazine rings is 1. The summed E-state index contributed by atoms with van der Waals surface area (Å²) < 4.78 is 29.6. The van der Waals surface area contributed by atoms with Crippen LogP contribution in [0.1, 0.15) is 41.6 Å². The standard InChI is InChI=1S/C18H24ClN5O3S/c1-12(2)24-14(4)17(13(3)21-24)28(26,27)23-9-7-22(8-10-23)18(25)15-5-6-20-16(19)11-15/h5-6,11-12H,7-10H2,1-4H3. The Morgan fingerprint density at radius 1 is 1.18 bits per heavy atom. The number of pyridine rings is 1. The highest BCUT2D eigenvalue weighted by molar-refractivity contribution is 7.89. The van der Waals surface area contributed by atoms with E-state index < -0.39 is 10.0 Å². The van der Waals surface area contributed by atoms with Crippen LogP contribution < -0.4 is 0 Å². The van der Waals surface area contributed by atoms with E-state index in [0.717, 1.165) is 0 Å². The van der Waals surface area contributed by atoms with Crippen LogP contribution in [-0.4, -0.2) is 64.5 Å². The number of sulfonamides is 1. The van der Waals surface area contributed by atoms with Crippen molar-refractivity contribution in [3.63, 3.8) is 0 Å². The number of hydrogen-bond donors (Lipinski definition) is 0. The number of carbonyl (C=O) groups is 1. The monoisotopic (exact) mass is 425 g/mol. The van der Waals surface area contributed by atoms with Gasteiger partial charge in [0.1, 0.15) is 10.0 Å². The third kappa shape index (κ3) is 3.78. The number of nitrogens with zero attached hydrogens (tertiary/aromatic N) is 5. The average Bonchev–Trinajstić information content (AvgIpc) is 2.96. The number of hydrogen-bond acceptors (Lipinski definition) is 5. The van der Waals surface area contributed by atoms with E-state index in [9.17, 15) is 13.2 Å². The fraction of sp³-hybridized carbons (Fsp3) is 0.500. The predicted molar refractivity (Wildman–Crippen MR) is 106 cm³/mol. The van der Waals surface area contributed by atoms with Gasteiger partial charge in [-0.2, -0.15) is 9.40 Å². The van der Waals surface area contributed by atoms with Gasteiger partial charge < -0.3 is 4.90 Å². The van der Waals surface area contributed by atoms with Crippen molar-refractivity contribution in [2.75, 3.05) is 26.2 Å². The topological polar surface area (TPSA) is 88.4 Å². The summed E-state index contributed by atoms with van der Waals surface area (Å²) in [7, 11) is -3.68. The largest absolute Gasteiger partial charge is 0.336 e. The van der Waals surface area contributed by atoms with Gasteiger partial charge >= 0.3 is 0 Å². The van der Waals surface area contributed by atoms with E-state index in [1.165, 1.54) is 16.6 Å². The van der Waals surface area contributed by atoms with Gasteiger partial charge in [-0.3, -0.25) is 9.48 Å². The van der Waals surface area contributed by atoms with Gasteiger partial charge in [-0.05, 0) is 39.8 Å². The molecule has 0 atom stereocenters. The van der Waals surface area contributed by atoms with Crippen molar-refractivity contribution in [1.82, 2.24) is 24.0 Å². The number of amides is 1. The molecule has 0 radical (unpaired) electrons. The van der Waals surface area contributed by atoms with Crippen LogP contribution in [0.15, 0.2) is 23.2 Å². The summed E-state index contributed by atoms with van der Waals surface area (Å²) in [5, 5.41) is 4.64. The maximum absolute atomic E-state index is 13.2. The van der Waals surface area contributed by atoms with Crippen molar-refractivity contribution < 1.29 is 13.2 Å². The molecule has 1 fully saturated rings. The van der Waals surface area contributed by atoms with Crippen LogP contribution in [0.5, 0.6) is 0 Å². The van der Waals surface area contributed by atoms with E-state index in [1.807, 2.05) is 13.8 Å². The van der Waals surface area contributed by atoms with Crippen LogP contribution in [0, 0.1) is 13.8 Å². The van der Waals surface area contributed by atoms with E-state index in [1.54, 1.807) is 29.5 Å². The van der Waals surface area contributed by atoms with Crippen LogP contribution >= 0.6 is 11.6 Å². The molecule has 0 N–H and O–H groups in total. The Hall–Kier alpha value is -1.97. The van der Waals surface area contributed by atoms with Crippen LogP contribution in [0.4, 0.5) is 0 Å². The number of aryl methyl sites for hydroxylation is 1. The summed E-state index contributed by atoms with van der Waals surface area (Å²) in [5.74, 6) is -0.179. The molecule has 1 saturated heterocycles. The van der Waals surface area contributed by atoms with Crippen molar-refractivity contribution in [3.05, 3.63) is 40.4 Å². The van der Waals surface area contributed by atoms with Gasteiger partial charge in [-0.25, -0.2) is 13.4 Å². The van der Waals surface area contributed by atoms with Gasteiger partial charge in [0.2, 0.25) is 10.0 Å². The smallest absolute Gasteiger partial charge is 0.254 e. The zero-order chi connectivity index (χ0) is 20.6. The first-order chi connectivity index (χ1) is 13.1. The molecule has 0 aliphatic carbocycles. The van der Waals surface area contributed by atoms with Gasteiger partial charge in [0, 0.05) is 44.0 Å². The van der Waals surface area contributed by atoms with Crippen molar-refractivity contribution >= 4 is 27.5 Å². The van der Waals surface area contributed by atoms with Crippen LogP contribution in [-0.2, 0) is 10.0 Å². The minimum absolute atomic E-state index is 0.0734. The van der Waals surface area contributed by atoms with E-state index >= 15 is 0 Å². The molecule has 152 valence electrons. The third-order valence-electron chi connectivity index (χ3n) is 4.84. The first-order valence-electron chi connectivity index (χ1n) is 9.09. The molecule has 0 aromatic carbocycles. The van der Waals surface area contributed by atoms with E-state index in [2.05, 4.69) is 10.1 Å². The molecule has 8 nitrogen and oxygen atoms in total. The molecule has 1 amide bonds. The van der Waals surface area contributed by atoms with Crippen molar-refractivity contribution in [2.24, 2.45) is 0 Å². The lowest BCUT2D eigenvalue weighted by molar-refractivity contribution is 0.0697. The Balaban J connectivity index is 1.77. The maximum atomic E-state index is 13.2. The quantitative estimate of drug-likeness (QED) is 0.701. The highest BCUT2D eigenvalue weighted by Crippen LogP contribution is 2.26. The van der Waals surface area contributed by atoms with Gasteiger partial charge in [-0.1, -0.05) is 11.6 Å². The number of halogens is 1. The summed E-state index contributed by atoms with van der Waals surface area (Å²) in [6, 6.07) is 3.19. The SMILES string of the molecule is Cc1nn(C(C)C)c(C)c1S(=O)(=O)N1CCN(C(=O)c2ccnc(Cl)c2)CC1. The first kappa shape index (κ1) is 20.8. The molecule has 3 heterocycles. The second-order valence-electron chi connectivity index (χ2n) is 7.10. The van der Waals surface area contributed by atoms with Crippen molar-refractivity contribution in [3.8, 4) is 0 Å². The molecule has 1 aliphatic rings. The van der Waals surface area contributed by atoms with E-state index in [0.29, 0.717) is 30.0 Å².